The molecule has 0 bridgehead atoms. The van der Waals surface area contributed by atoms with E-state index in [1.165, 1.54) is 30.4 Å². The van der Waals surface area contributed by atoms with Crippen LogP contribution in [0, 0.1) is 0 Å². The fourth-order valence-corrected chi connectivity index (χ4v) is 4.91. The van der Waals surface area contributed by atoms with Crippen molar-refractivity contribution < 1.29 is 4.74 Å². The molecule has 2 aliphatic rings. The standard InChI is InChI=1S/C24H36N6O/c1-25-24(30-14-11-20(18-30)21-15-27-28(2)17-21)26-16-23(29-12-5-4-6-13-29)19-7-9-22(31-3)10-8-19/h7-10,15,17,20,23H,4-6,11-14,16,18H2,1-3H3,(H,25,26). The molecular formula is C24H36N6O. The van der Waals surface area contributed by atoms with E-state index < -0.39 is 0 Å². The Bertz CT molecular complexity index is 855. The highest BCUT2D eigenvalue weighted by Crippen LogP contribution is 2.28. The van der Waals surface area contributed by atoms with Gasteiger partial charge in [-0.1, -0.05) is 18.6 Å². The predicted molar refractivity (Wildman–Crippen MR) is 125 cm³/mol. The van der Waals surface area contributed by atoms with Crippen LogP contribution in [0.25, 0.3) is 0 Å². The third kappa shape index (κ3) is 5.21. The van der Waals surface area contributed by atoms with Crippen LogP contribution in [0.15, 0.2) is 41.7 Å². The Morgan fingerprint density at radius 3 is 2.61 bits per heavy atom. The minimum atomic E-state index is 0.333. The number of benzene rings is 1. The van der Waals surface area contributed by atoms with Crippen molar-refractivity contribution in [2.24, 2.45) is 12.0 Å². The number of piperidine rings is 1. The molecule has 31 heavy (non-hydrogen) atoms. The van der Waals surface area contributed by atoms with E-state index in [0.29, 0.717) is 12.0 Å². The molecule has 0 saturated carbocycles. The second kappa shape index (κ2) is 10.2. The molecule has 7 heteroatoms. The number of likely N-dealkylation sites (tertiary alicyclic amines) is 2. The van der Waals surface area contributed by atoms with Gasteiger partial charge in [-0.2, -0.15) is 5.10 Å². The van der Waals surface area contributed by atoms with Gasteiger partial charge in [0.2, 0.25) is 0 Å². The molecule has 0 aliphatic carbocycles. The molecule has 2 aromatic rings. The number of guanidine groups is 1. The van der Waals surface area contributed by atoms with Gasteiger partial charge in [0.25, 0.3) is 0 Å². The van der Waals surface area contributed by atoms with Crippen molar-refractivity contribution in [3.05, 3.63) is 47.8 Å². The molecule has 1 N–H and O–H groups in total. The minimum Gasteiger partial charge on any atom is -0.497 e. The van der Waals surface area contributed by atoms with Crippen molar-refractivity contribution in [3.8, 4) is 5.75 Å². The number of aryl methyl sites for hydroxylation is 1. The number of hydrogen-bond donors (Lipinski definition) is 1. The highest BCUT2D eigenvalue weighted by molar-refractivity contribution is 5.80. The lowest BCUT2D eigenvalue weighted by Crippen LogP contribution is -2.45. The molecule has 2 saturated heterocycles. The second-order valence-electron chi connectivity index (χ2n) is 8.69. The van der Waals surface area contributed by atoms with Gasteiger partial charge in [-0.25, -0.2) is 0 Å². The Labute approximate surface area is 186 Å². The largest absolute Gasteiger partial charge is 0.497 e. The number of nitrogens with zero attached hydrogens (tertiary/aromatic N) is 5. The molecule has 1 aromatic carbocycles. The topological polar surface area (TPSA) is 57.9 Å². The van der Waals surface area contributed by atoms with E-state index in [1.807, 2.05) is 25.0 Å². The molecule has 4 rings (SSSR count). The molecular weight excluding hydrogens is 388 g/mol. The number of rotatable bonds is 6. The van der Waals surface area contributed by atoms with Crippen LogP contribution in [0.4, 0.5) is 0 Å². The maximum Gasteiger partial charge on any atom is 0.193 e. The van der Waals surface area contributed by atoms with E-state index in [9.17, 15) is 0 Å². The summed E-state index contributed by atoms with van der Waals surface area (Å²) in [5.74, 6) is 2.43. The van der Waals surface area contributed by atoms with Gasteiger partial charge in [0.1, 0.15) is 5.75 Å². The van der Waals surface area contributed by atoms with Gasteiger partial charge in [-0.05, 0) is 55.6 Å². The highest BCUT2D eigenvalue weighted by Gasteiger charge is 2.28. The fraction of sp³-hybridized carbons (Fsp3) is 0.583. The molecule has 1 aromatic heterocycles. The average Bonchev–Trinajstić information content (AvgIpc) is 3.47. The summed E-state index contributed by atoms with van der Waals surface area (Å²) < 4.78 is 7.26. The normalized spacial score (nSPS) is 21.3. The molecule has 2 atom stereocenters. The Hall–Kier alpha value is -2.54. The van der Waals surface area contributed by atoms with Crippen LogP contribution in [0.5, 0.6) is 5.75 Å². The molecule has 0 spiro atoms. The van der Waals surface area contributed by atoms with Crippen molar-refractivity contribution in [1.29, 1.82) is 0 Å². The molecule has 2 aliphatic heterocycles. The summed E-state index contributed by atoms with van der Waals surface area (Å²) in [5, 5.41) is 8.04. The number of ether oxygens (including phenoxy) is 1. The van der Waals surface area contributed by atoms with E-state index in [0.717, 1.165) is 50.9 Å². The van der Waals surface area contributed by atoms with Crippen molar-refractivity contribution in [2.45, 2.75) is 37.6 Å². The van der Waals surface area contributed by atoms with Crippen molar-refractivity contribution >= 4 is 5.96 Å². The first-order valence-corrected chi connectivity index (χ1v) is 11.5. The SMILES string of the molecule is CN=C(NCC(c1ccc(OC)cc1)N1CCCCC1)N1CCC(c2cnn(C)c2)C1. The first-order chi connectivity index (χ1) is 15.2. The lowest BCUT2D eigenvalue weighted by atomic mass is 10.0. The van der Waals surface area contributed by atoms with Crippen LogP contribution in [0.2, 0.25) is 0 Å². The Morgan fingerprint density at radius 2 is 1.97 bits per heavy atom. The lowest BCUT2D eigenvalue weighted by Gasteiger charge is -2.36. The lowest BCUT2D eigenvalue weighted by molar-refractivity contribution is 0.163. The Balaban J connectivity index is 1.42. The third-order valence-corrected chi connectivity index (χ3v) is 6.68. The Morgan fingerprint density at radius 1 is 1.19 bits per heavy atom. The zero-order valence-electron chi connectivity index (χ0n) is 19.1. The van der Waals surface area contributed by atoms with Crippen LogP contribution >= 0.6 is 0 Å². The van der Waals surface area contributed by atoms with E-state index in [1.54, 1.807) is 7.11 Å². The third-order valence-electron chi connectivity index (χ3n) is 6.68. The Kier molecular flexibility index (Phi) is 7.12. The smallest absolute Gasteiger partial charge is 0.193 e. The summed E-state index contributed by atoms with van der Waals surface area (Å²) in [4.78, 5) is 9.62. The molecule has 168 valence electrons. The van der Waals surface area contributed by atoms with E-state index >= 15 is 0 Å². The first-order valence-electron chi connectivity index (χ1n) is 11.5. The summed E-state index contributed by atoms with van der Waals surface area (Å²) in [6, 6.07) is 8.88. The zero-order valence-corrected chi connectivity index (χ0v) is 19.1. The summed E-state index contributed by atoms with van der Waals surface area (Å²) >= 11 is 0. The fourth-order valence-electron chi connectivity index (χ4n) is 4.91. The van der Waals surface area contributed by atoms with Gasteiger partial charge in [0.05, 0.1) is 19.3 Å². The van der Waals surface area contributed by atoms with Crippen molar-refractivity contribution in [3.63, 3.8) is 0 Å². The molecule has 7 nitrogen and oxygen atoms in total. The van der Waals surface area contributed by atoms with Crippen LogP contribution in [0.1, 0.15) is 48.8 Å². The van der Waals surface area contributed by atoms with E-state index in [-0.39, 0.29) is 0 Å². The maximum absolute atomic E-state index is 5.36. The number of methoxy groups -OCH3 is 1. The summed E-state index contributed by atoms with van der Waals surface area (Å²) in [5.41, 5.74) is 2.66. The van der Waals surface area contributed by atoms with Gasteiger partial charge in [0, 0.05) is 45.8 Å². The summed E-state index contributed by atoms with van der Waals surface area (Å²) in [6.07, 6.45) is 9.17. The predicted octanol–water partition coefficient (Wildman–Crippen LogP) is 3.02. The van der Waals surface area contributed by atoms with Crippen LogP contribution in [0.3, 0.4) is 0 Å². The number of nitrogens with one attached hydrogen (secondary N) is 1. The first kappa shape index (κ1) is 21.7. The maximum atomic E-state index is 5.36. The minimum absolute atomic E-state index is 0.333. The second-order valence-corrected chi connectivity index (χ2v) is 8.69. The van der Waals surface area contributed by atoms with Crippen molar-refractivity contribution in [2.75, 3.05) is 46.9 Å². The number of aliphatic imine (C=N–C) groups is 1. The molecule has 0 amide bonds. The zero-order chi connectivity index (χ0) is 21.6. The molecule has 0 radical (unpaired) electrons. The van der Waals surface area contributed by atoms with Gasteiger partial charge in [-0.15, -0.1) is 0 Å². The van der Waals surface area contributed by atoms with Gasteiger partial charge >= 0.3 is 0 Å². The summed E-state index contributed by atoms with van der Waals surface area (Å²) in [7, 11) is 5.59. The molecule has 2 unspecified atom stereocenters. The van der Waals surface area contributed by atoms with Gasteiger partial charge in [0.15, 0.2) is 5.96 Å². The quantitative estimate of drug-likeness (QED) is 0.571. The highest BCUT2D eigenvalue weighted by atomic mass is 16.5. The van der Waals surface area contributed by atoms with Gasteiger partial charge in [-0.3, -0.25) is 14.6 Å². The van der Waals surface area contributed by atoms with Crippen LogP contribution in [-0.4, -0.2) is 72.4 Å². The van der Waals surface area contributed by atoms with E-state index in [4.69, 9.17) is 4.74 Å². The molecule has 3 heterocycles. The van der Waals surface area contributed by atoms with Crippen LogP contribution in [-0.2, 0) is 7.05 Å². The number of hydrogen-bond acceptors (Lipinski definition) is 4. The van der Waals surface area contributed by atoms with Crippen molar-refractivity contribution in [1.82, 2.24) is 24.9 Å². The molecule has 2 fully saturated rings. The monoisotopic (exact) mass is 424 g/mol. The average molecular weight is 425 g/mol. The van der Waals surface area contributed by atoms with Crippen LogP contribution < -0.4 is 10.1 Å². The summed E-state index contributed by atoms with van der Waals surface area (Å²) in [6.45, 7) is 5.18. The van der Waals surface area contributed by atoms with Gasteiger partial charge < -0.3 is 15.0 Å². The van der Waals surface area contributed by atoms with E-state index in [2.05, 4.69) is 55.7 Å². The number of aromatic nitrogens is 2.